The summed E-state index contributed by atoms with van der Waals surface area (Å²) in [5.74, 6) is 2.51. The number of nitrogens with zero attached hydrogens (tertiary/aromatic N) is 6. The quantitative estimate of drug-likeness (QED) is 0.0679. The van der Waals surface area contributed by atoms with Gasteiger partial charge in [0.15, 0.2) is 0 Å². The average Bonchev–Trinajstić information content (AvgIpc) is 3.34. The summed E-state index contributed by atoms with van der Waals surface area (Å²) < 4.78 is 8.63. The van der Waals surface area contributed by atoms with Gasteiger partial charge in [0.1, 0.15) is 0 Å². The molecule has 0 spiro atoms. The Morgan fingerprint density at radius 2 is 0.397 bits per heavy atom. The molecule has 7 rings (SSSR count). The van der Waals surface area contributed by atoms with E-state index < -0.39 is 0 Å². The monoisotopic (exact) mass is 1230 g/mol. The van der Waals surface area contributed by atoms with Gasteiger partial charge in [0.2, 0.25) is 0 Å². The molecule has 6 aromatic carbocycles. The molecule has 0 atom stereocenters. The van der Waals surface area contributed by atoms with E-state index >= 15 is 0 Å². The minimum absolute atomic E-state index is 0.360. The predicted octanol–water partition coefficient (Wildman–Crippen LogP) is 4.98. The second-order valence-electron chi connectivity index (χ2n) is 14.2. The number of rotatable bonds is 27. The van der Waals surface area contributed by atoms with Crippen LogP contribution in [-0.4, -0.2) is 144 Å². The van der Waals surface area contributed by atoms with Gasteiger partial charge in [-0.25, -0.2) is 0 Å². The number of hydrogen-bond acceptors (Lipinski definition) is 6. The number of aromatic nitrogens is 3. The number of hydrogen-bond donors (Lipinski definition) is 0. The van der Waals surface area contributed by atoms with Gasteiger partial charge in [-0.1, -0.05) is 0 Å². The van der Waals surface area contributed by atoms with Crippen molar-refractivity contribution in [2.75, 3.05) is 54.0 Å². The van der Waals surface area contributed by atoms with Crippen molar-refractivity contribution in [1.29, 1.82) is 0 Å². The molecule has 0 aliphatic rings. The van der Waals surface area contributed by atoms with Crippen molar-refractivity contribution in [2.45, 2.75) is 31.9 Å². The van der Waals surface area contributed by atoms with E-state index in [9.17, 15) is 0 Å². The Bertz CT molecular complexity index is 1880. The zero-order chi connectivity index (χ0) is 43.0. The zero-order valence-corrected chi connectivity index (χ0v) is 45.7. The fourth-order valence-corrected chi connectivity index (χ4v) is 17.7. The van der Waals surface area contributed by atoms with Crippen molar-refractivity contribution in [3.63, 3.8) is 0 Å². The molecule has 0 bridgehead atoms. The van der Waals surface area contributed by atoms with Crippen molar-refractivity contribution in [3.8, 4) is 0 Å². The molecule has 0 aliphatic heterocycles. The Morgan fingerprint density at radius 3 is 0.556 bits per heavy atom. The first kappa shape index (κ1) is 47.8. The zero-order valence-electron chi connectivity index (χ0n) is 35.4. The molecular formula is C51H54N6Se6. The van der Waals surface area contributed by atoms with Gasteiger partial charge >= 0.3 is 417 Å². The second-order valence-corrected chi connectivity index (χ2v) is 28.9. The third-order valence-electron chi connectivity index (χ3n) is 9.69. The van der Waals surface area contributed by atoms with Crippen LogP contribution in [0.3, 0.4) is 0 Å². The molecule has 0 fully saturated rings. The van der Waals surface area contributed by atoms with Crippen LogP contribution < -0.4 is 41.5 Å². The molecule has 6 nitrogen and oxygen atoms in total. The molecule has 1 heterocycles. The summed E-state index contributed by atoms with van der Waals surface area (Å²) >= 11 is 2.16. The second kappa shape index (κ2) is 28.0. The summed E-state index contributed by atoms with van der Waals surface area (Å²) in [6.07, 6.45) is 0. The van der Waals surface area contributed by atoms with Crippen LogP contribution >= 0.6 is 0 Å². The third-order valence-corrected chi connectivity index (χ3v) is 22.2. The molecule has 0 saturated heterocycles. The first-order chi connectivity index (χ1) is 31.2. The summed E-state index contributed by atoms with van der Waals surface area (Å²) in [6.45, 7) is 5.53. The van der Waals surface area contributed by atoms with E-state index in [0.717, 1.165) is 89.0 Å². The van der Waals surface area contributed by atoms with E-state index in [2.05, 4.69) is 197 Å². The Morgan fingerprint density at radius 1 is 0.238 bits per heavy atom. The van der Waals surface area contributed by atoms with Crippen LogP contribution in [-0.2, 0) is 0 Å². The number of benzene rings is 6. The third kappa shape index (κ3) is 17.3. The molecule has 0 radical (unpaired) electrons. The first-order valence-electron chi connectivity index (χ1n) is 21.3. The number of anilines is 3. The van der Waals surface area contributed by atoms with Crippen LogP contribution in [0.5, 0.6) is 0 Å². The van der Waals surface area contributed by atoms with E-state index in [0.29, 0.717) is 89.7 Å². The van der Waals surface area contributed by atoms with Gasteiger partial charge in [0.25, 0.3) is 0 Å². The Kier molecular flexibility index (Phi) is 21.3. The molecule has 0 unspecified atom stereocenters. The van der Waals surface area contributed by atoms with Crippen molar-refractivity contribution in [3.05, 3.63) is 182 Å². The molecule has 0 N–H and O–H groups in total. The normalized spacial score (nSPS) is 11.0. The van der Waals surface area contributed by atoms with Crippen molar-refractivity contribution < 1.29 is 0 Å². The van der Waals surface area contributed by atoms with Crippen LogP contribution in [0.1, 0.15) is 0 Å². The standard InChI is InChI=1S/C51H54N6Se6/c1-7-19-43(20-8-1)58-37-31-55(32-38-59-44-21-9-2-10-22-44)49-52-50(56(33-39-60-45-23-11-3-12-24-45)34-40-61-46-25-13-4-14-26-46)54-51(53-49)57(35-41-62-47-27-15-5-16-28-47)36-42-63-48-29-17-6-18-30-48/h1-30H,31-42H2. The summed E-state index contributed by atoms with van der Waals surface area (Å²) in [6, 6.07) is 66.0. The van der Waals surface area contributed by atoms with E-state index in [-0.39, 0.29) is 0 Å². The molecule has 7 aromatic rings. The topological polar surface area (TPSA) is 48.4 Å². The summed E-state index contributed by atoms with van der Waals surface area (Å²) in [4.78, 5) is 24.1. The Hall–Kier alpha value is -3.15. The molecule has 63 heavy (non-hydrogen) atoms. The summed E-state index contributed by atoms with van der Waals surface area (Å²) in [5, 5.41) is 6.57. The predicted molar refractivity (Wildman–Crippen MR) is 276 cm³/mol. The fraction of sp³-hybridized carbons (Fsp3) is 0.235. The van der Waals surface area contributed by atoms with E-state index in [4.69, 9.17) is 15.0 Å². The van der Waals surface area contributed by atoms with Gasteiger partial charge in [-0.3, -0.25) is 0 Å². The average molecular weight is 1220 g/mol. The van der Waals surface area contributed by atoms with Crippen molar-refractivity contribution in [2.24, 2.45) is 0 Å². The summed E-state index contributed by atoms with van der Waals surface area (Å²) in [5.41, 5.74) is 0. The Labute approximate surface area is 413 Å². The molecule has 1 aromatic heterocycles. The van der Waals surface area contributed by atoms with Crippen LogP contribution in [0.25, 0.3) is 0 Å². The molecule has 0 saturated carbocycles. The van der Waals surface area contributed by atoms with Crippen LogP contribution in [0.15, 0.2) is 182 Å². The summed E-state index contributed by atoms with van der Waals surface area (Å²) in [7, 11) is 0. The minimum atomic E-state index is 0.360. The molecule has 0 amide bonds. The van der Waals surface area contributed by atoms with Gasteiger partial charge in [0.05, 0.1) is 0 Å². The maximum atomic E-state index is 5.51. The van der Waals surface area contributed by atoms with Crippen LogP contribution in [0.4, 0.5) is 17.8 Å². The fourth-order valence-electron chi connectivity index (χ4n) is 6.45. The van der Waals surface area contributed by atoms with Crippen LogP contribution in [0, 0.1) is 0 Å². The van der Waals surface area contributed by atoms with Gasteiger partial charge in [-0.15, -0.1) is 0 Å². The Balaban J connectivity index is 1.22. The van der Waals surface area contributed by atoms with E-state index in [1.807, 2.05) is 0 Å². The molecule has 324 valence electrons. The van der Waals surface area contributed by atoms with Crippen molar-refractivity contribution in [1.82, 2.24) is 15.0 Å². The first-order valence-corrected chi connectivity index (χ1v) is 33.7. The van der Waals surface area contributed by atoms with Gasteiger partial charge in [-0.2, -0.15) is 0 Å². The SMILES string of the molecule is c1ccc([Se]CCN(CC[Se]c2ccccc2)c2nc(N(CC[Se]c3ccccc3)CC[Se]c3ccccc3)nc(N(CC[Se]c3ccccc3)CC[Se]c3ccccc3)n2)cc1. The van der Waals surface area contributed by atoms with Gasteiger partial charge in [-0.05, 0) is 0 Å². The molecule has 0 aliphatic carbocycles. The van der Waals surface area contributed by atoms with Gasteiger partial charge in [0, 0.05) is 0 Å². The van der Waals surface area contributed by atoms with Gasteiger partial charge < -0.3 is 0 Å². The molecular weight excluding hydrogens is 1170 g/mol. The van der Waals surface area contributed by atoms with E-state index in [1.54, 1.807) is 0 Å². The van der Waals surface area contributed by atoms with Crippen LogP contribution in [0.2, 0.25) is 31.9 Å². The molecule has 12 heteroatoms. The van der Waals surface area contributed by atoms with Crippen molar-refractivity contribution >= 4 is 134 Å². The van der Waals surface area contributed by atoms with E-state index in [1.165, 1.54) is 26.8 Å². The maximum absolute atomic E-state index is 5.51.